The summed E-state index contributed by atoms with van der Waals surface area (Å²) in [6.45, 7) is 5.34. The molecule has 2 fully saturated rings. The molecule has 30 nitrogen and oxygen atoms in total. The second kappa shape index (κ2) is 37.4. The van der Waals surface area contributed by atoms with Crippen LogP contribution in [0.3, 0.4) is 0 Å². The Morgan fingerprint density at radius 1 is 0.755 bits per heavy atom. The number of H-pyrrole nitrogens is 1. The SMILES string of the molecule is CC(C)C[C@@H]1N[C@H](O)[C@H](CC(=O)O)N[C@H](O)[C@H](Cc2ccc(O)c(I)c2)N[C@@H](O)[C@@H]2CC(O)CN2[C@H](O)[C@@H](N[C@@H](O)[C@H](Cc2ncc[nH]2)N[C@H](O)[C@H](Cc2ccccc2)N[C@@H](O)CCNC(=O)Nc2ccc(-c3c4ccc(=O)cc-4oc4cc(O)ccc34)c(C(=O)O)c2)CSSC[C@@H](C)N[C@H]1O. The number of aromatic nitrogens is 2. The first-order chi connectivity index (χ1) is 48.7. The van der Waals surface area contributed by atoms with Gasteiger partial charge in [-0.15, -0.1) is 0 Å². The number of carboxylic acids is 2. The number of aromatic amines is 1. The molecule has 1 aromatic heterocycles. The van der Waals surface area contributed by atoms with Crippen molar-refractivity contribution in [2.24, 2.45) is 5.92 Å². The quantitative estimate of drug-likeness (QED) is 0.0178. The van der Waals surface area contributed by atoms with Crippen LogP contribution in [0.2, 0.25) is 0 Å². The number of urea groups is 1. The Morgan fingerprint density at radius 2 is 1.46 bits per heavy atom. The van der Waals surface area contributed by atoms with Gasteiger partial charge in [-0.25, -0.2) is 14.6 Å². The third kappa shape index (κ3) is 22.2. The van der Waals surface area contributed by atoms with Crippen LogP contribution < -0.4 is 53.3 Å². The molecule has 554 valence electrons. The van der Waals surface area contributed by atoms with Gasteiger partial charge in [-0.05, 0) is 126 Å². The van der Waals surface area contributed by atoms with Crippen LogP contribution in [0.1, 0.15) is 73.8 Å². The molecule has 23 N–H and O–H groups in total. The number of amides is 2. The van der Waals surface area contributed by atoms with Crippen molar-refractivity contribution in [1.29, 1.82) is 0 Å². The minimum absolute atomic E-state index is 0.0111. The number of carbonyl (C=O) groups is 3. The number of carbonyl (C=O) groups excluding carboxylic acids is 1. The van der Waals surface area contributed by atoms with Crippen molar-refractivity contribution in [3.05, 3.63) is 152 Å². The van der Waals surface area contributed by atoms with E-state index >= 15 is 0 Å². The van der Waals surface area contributed by atoms with E-state index in [0.29, 0.717) is 43.6 Å². The number of carboxylic acid groups (broad SMARTS) is 2. The third-order valence-corrected chi connectivity index (χ3v) is 21.3. The predicted molar refractivity (Wildman–Crippen MR) is 392 cm³/mol. The van der Waals surface area contributed by atoms with E-state index in [4.69, 9.17) is 4.42 Å². The Bertz CT molecular complexity index is 3900. The van der Waals surface area contributed by atoms with E-state index in [1.807, 2.05) is 61.6 Å². The third-order valence-electron chi connectivity index (χ3n) is 17.8. The lowest BCUT2D eigenvalue weighted by atomic mass is 9.90. The zero-order chi connectivity index (χ0) is 73.5. The van der Waals surface area contributed by atoms with Gasteiger partial charge in [-0.1, -0.05) is 77.9 Å². The fraction of sp³-hybridized carbons (Fsp3) is 0.464. The zero-order valence-electron chi connectivity index (χ0n) is 56.1. The molecule has 4 aromatic carbocycles. The van der Waals surface area contributed by atoms with Crippen molar-refractivity contribution >= 4 is 78.8 Å². The number of hydrogen-bond acceptors (Lipinski definition) is 27. The summed E-state index contributed by atoms with van der Waals surface area (Å²) in [5.41, 5.74) is 2.13. The molecule has 2 amide bonds. The summed E-state index contributed by atoms with van der Waals surface area (Å²) in [4.78, 5) is 59.9. The minimum atomic E-state index is -1.71. The fourth-order valence-corrected chi connectivity index (χ4v) is 15.9. The highest BCUT2D eigenvalue weighted by Crippen LogP contribution is 2.43. The number of aliphatic hydroxyl groups is 9. The van der Waals surface area contributed by atoms with Crippen LogP contribution in [0.15, 0.2) is 125 Å². The van der Waals surface area contributed by atoms with Gasteiger partial charge < -0.3 is 86.4 Å². The van der Waals surface area contributed by atoms with Crippen LogP contribution in [0.25, 0.3) is 33.4 Å². The first kappa shape index (κ1) is 79.5. The number of benzene rings is 5. The molecule has 33 heteroatoms. The number of hydrogen-bond donors (Lipinski definition) is 23. The van der Waals surface area contributed by atoms with Crippen LogP contribution in [0.4, 0.5) is 10.5 Å². The molecule has 102 heavy (non-hydrogen) atoms. The van der Waals surface area contributed by atoms with Gasteiger partial charge in [0.25, 0.3) is 0 Å². The number of phenolic OH excluding ortho intramolecular Hbond substituents is 2. The number of imidazole rings is 1. The largest absolute Gasteiger partial charge is 0.508 e. The van der Waals surface area contributed by atoms with Gasteiger partial charge in [0, 0.05) is 96.2 Å². The predicted octanol–water partition coefficient (Wildman–Crippen LogP) is 1.87. The van der Waals surface area contributed by atoms with Crippen molar-refractivity contribution in [2.75, 3.05) is 29.9 Å². The Kier molecular flexibility index (Phi) is 29.1. The van der Waals surface area contributed by atoms with Crippen LogP contribution in [0.5, 0.6) is 11.5 Å². The molecule has 0 bridgehead atoms. The summed E-state index contributed by atoms with van der Waals surface area (Å²) in [7, 11) is 2.67. The lowest BCUT2D eigenvalue weighted by Crippen LogP contribution is -2.65. The van der Waals surface area contributed by atoms with E-state index in [2.05, 4.69) is 57.8 Å². The summed E-state index contributed by atoms with van der Waals surface area (Å²) >= 11 is 1.94. The van der Waals surface area contributed by atoms with Crippen LogP contribution in [-0.2, 0) is 24.1 Å². The van der Waals surface area contributed by atoms with Crippen LogP contribution in [-0.4, -0.2) is 228 Å². The molecule has 0 saturated carbocycles. The average molecular weight is 1570 g/mol. The molecular weight excluding hydrogens is 1480 g/mol. The molecule has 3 aliphatic heterocycles. The number of aromatic hydroxyl groups is 2. The van der Waals surface area contributed by atoms with E-state index in [0.717, 1.165) is 5.56 Å². The lowest BCUT2D eigenvalue weighted by Gasteiger charge is -2.40. The van der Waals surface area contributed by atoms with E-state index in [1.54, 1.807) is 36.5 Å². The van der Waals surface area contributed by atoms with E-state index in [1.165, 1.54) is 87.3 Å². The van der Waals surface area contributed by atoms with E-state index < -0.39 is 129 Å². The van der Waals surface area contributed by atoms with Crippen molar-refractivity contribution < 1.29 is 85.2 Å². The van der Waals surface area contributed by atoms with Crippen molar-refractivity contribution in [3.63, 3.8) is 0 Å². The number of halogens is 1. The number of aliphatic hydroxyl groups excluding tert-OH is 9. The molecule has 4 heterocycles. The average Bonchev–Trinajstić information content (AvgIpc) is 0.875. The highest BCUT2D eigenvalue weighted by molar-refractivity contribution is 14.1. The highest BCUT2D eigenvalue weighted by Gasteiger charge is 2.44. The molecule has 0 spiro atoms. The number of anilines is 1. The Hall–Kier alpha value is -6.66. The van der Waals surface area contributed by atoms with Crippen LogP contribution >= 0.6 is 44.2 Å². The Morgan fingerprint density at radius 3 is 2.18 bits per heavy atom. The van der Waals surface area contributed by atoms with Gasteiger partial charge in [0.1, 0.15) is 78.5 Å². The summed E-state index contributed by atoms with van der Waals surface area (Å²) in [5, 5.41) is 177. The normalized spacial score (nSPS) is 25.3. The Balaban J connectivity index is 0.925. The van der Waals surface area contributed by atoms with Gasteiger partial charge >= 0.3 is 18.0 Å². The number of nitrogens with zero attached hydrogens (tertiary/aromatic N) is 2. The first-order valence-electron chi connectivity index (χ1n) is 33.4. The second-order valence-electron chi connectivity index (χ2n) is 26.2. The number of aromatic carboxylic acids is 1. The topological polar surface area (TPSA) is 485 Å². The Labute approximate surface area is 609 Å². The summed E-state index contributed by atoms with van der Waals surface area (Å²) in [5.74, 6) is -1.82. The monoisotopic (exact) mass is 1570 g/mol. The summed E-state index contributed by atoms with van der Waals surface area (Å²) in [6.07, 6.45) is -11.0. The molecule has 17 atom stereocenters. The number of rotatable bonds is 24. The number of phenols is 2. The number of aliphatic carboxylic acids is 1. The number of fused-ring (bicyclic) bond motifs is 3. The molecule has 0 radical (unpaired) electrons. The lowest BCUT2D eigenvalue weighted by molar-refractivity contribution is -0.139. The molecule has 4 aliphatic rings. The molecule has 2 saturated heterocycles. The number of nitrogens with one attached hydrogen (secondary N) is 10. The second-order valence-corrected chi connectivity index (χ2v) is 29.9. The fourth-order valence-electron chi connectivity index (χ4n) is 12.8. The standard InChI is InChI=1S/C69H91IN12O18S2/c1-34(2)21-47-61(90)74-35(3)32-101-102-33-52(67(96)82-31-41(85)26-53(82)66(95)80-49(24-37-9-16-54(86)46(70)22-37)63(92)79-51(30-59(88)89)65(94)77-47)81-64(93)50(29-57-71-19-20-72-57)78-62(91)48(23-36-7-5-4-6-8-36)76-58(87)17-18-73-69(99)75-38-10-13-42(45(25-38)68(97)98)60-43-14-11-39(83)27-55(43)100-56-28-40(84)12-15-44(56)60/h4-16,19-20,22,25,27-28,34-35,41,47-53,58,61-67,74,76-81,83,85-87,90-96H,17-18,21,23-24,26,29-33H2,1-3H3,(H,71,72)(H,88,89)(H,97,98)(H2,73,75,99)/t35-,41?,47+,48+,49+,50+,51+,52+,53+,58+,61+,62-,63-,64+,65-,66+,67-/m1/s1. The van der Waals surface area contributed by atoms with E-state index in [9.17, 15) is 85.6 Å². The van der Waals surface area contributed by atoms with Gasteiger partial charge in [0.05, 0.1) is 57.9 Å². The van der Waals surface area contributed by atoms with Crippen molar-refractivity contribution in [3.8, 4) is 33.9 Å². The van der Waals surface area contributed by atoms with Crippen molar-refractivity contribution in [1.82, 2.24) is 57.4 Å². The minimum Gasteiger partial charge on any atom is -0.508 e. The maximum Gasteiger partial charge on any atom is 0.336 e. The maximum absolute atomic E-state index is 13.4. The molecule has 9 rings (SSSR count). The summed E-state index contributed by atoms with van der Waals surface area (Å²) in [6, 6.07) is 17.6. The molecule has 1 unspecified atom stereocenters. The molecule has 1 aliphatic carbocycles. The summed E-state index contributed by atoms with van der Waals surface area (Å²) < 4.78 is 6.41. The molecular formula is C69H91IN12O18S2. The zero-order valence-corrected chi connectivity index (χ0v) is 59.9. The highest BCUT2D eigenvalue weighted by atomic mass is 127. The molecule has 5 aromatic rings. The van der Waals surface area contributed by atoms with E-state index in [-0.39, 0.29) is 102 Å². The van der Waals surface area contributed by atoms with Crippen molar-refractivity contribution in [2.45, 2.75) is 170 Å². The van der Waals surface area contributed by atoms with Gasteiger partial charge in [0.2, 0.25) is 0 Å². The van der Waals surface area contributed by atoms with Gasteiger partial charge in [-0.2, -0.15) is 0 Å². The van der Waals surface area contributed by atoms with Gasteiger partial charge in [-0.3, -0.25) is 51.7 Å². The van der Waals surface area contributed by atoms with Crippen LogP contribution in [0, 0.1) is 9.49 Å². The maximum atomic E-state index is 13.4. The first-order valence-corrected chi connectivity index (χ1v) is 37.0. The smallest absolute Gasteiger partial charge is 0.336 e. The van der Waals surface area contributed by atoms with Gasteiger partial charge in [0.15, 0.2) is 5.43 Å².